The van der Waals surface area contributed by atoms with E-state index in [1.807, 2.05) is 0 Å². The molecule has 1 atom stereocenters. The Kier molecular flexibility index (Phi) is 7.21. The van der Waals surface area contributed by atoms with E-state index in [0.717, 1.165) is 19.4 Å². The van der Waals surface area contributed by atoms with Crippen LogP contribution >= 0.6 is 24.0 Å². The Labute approximate surface area is 145 Å². The van der Waals surface area contributed by atoms with Gasteiger partial charge in [0.1, 0.15) is 0 Å². The zero-order chi connectivity index (χ0) is 16.2. The third-order valence-corrected chi connectivity index (χ3v) is 3.91. The maximum Gasteiger partial charge on any atom is 0.271 e. The van der Waals surface area contributed by atoms with Crippen molar-refractivity contribution in [2.24, 2.45) is 0 Å². The van der Waals surface area contributed by atoms with Gasteiger partial charge in [-0.3, -0.25) is 14.9 Å². The van der Waals surface area contributed by atoms with E-state index in [4.69, 9.17) is 16.3 Å². The lowest BCUT2D eigenvalue weighted by Gasteiger charge is -2.28. The summed E-state index contributed by atoms with van der Waals surface area (Å²) in [6.07, 6.45) is 1.92. The maximum absolute atomic E-state index is 12.2. The zero-order valence-corrected chi connectivity index (χ0v) is 14.2. The lowest BCUT2D eigenvalue weighted by molar-refractivity contribution is -0.384. The highest BCUT2D eigenvalue weighted by molar-refractivity contribution is 6.31. The molecule has 2 N–H and O–H groups in total. The second-order valence-corrected chi connectivity index (χ2v) is 5.82. The van der Waals surface area contributed by atoms with Crippen molar-refractivity contribution in [3.63, 3.8) is 0 Å². The van der Waals surface area contributed by atoms with Gasteiger partial charge in [0.15, 0.2) is 0 Å². The Bertz CT molecular complexity index is 577. The summed E-state index contributed by atoms with van der Waals surface area (Å²) in [5.41, 5.74) is -0.317. The molecule has 2 rings (SSSR count). The number of nitrogens with one attached hydrogen (secondary N) is 2. The molecule has 1 aromatic rings. The zero-order valence-electron chi connectivity index (χ0n) is 12.6. The molecule has 0 aliphatic carbocycles. The third-order valence-electron chi connectivity index (χ3n) is 3.70. The summed E-state index contributed by atoms with van der Waals surface area (Å²) in [5, 5.41) is 17.1. The molecule has 1 aliphatic heterocycles. The summed E-state index contributed by atoms with van der Waals surface area (Å²) >= 11 is 5.83. The monoisotopic (exact) mass is 363 g/mol. The fourth-order valence-electron chi connectivity index (χ4n) is 2.63. The molecular formula is C14H19Cl2N3O4. The molecule has 1 amide bonds. The smallest absolute Gasteiger partial charge is 0.271 e. The van der Waals surface area contributed by atoms with E-state index in [9.17, 15) is 14.9 Å². The molecule has 23 heavy (non-hydrogen) atoms. The van der Waals surface area contributed by atoms with Crippen molar-refractivity contribution in [1.82, 2.24) is 10.6 Å². The van der Waals surface area contributed by atoms with E-state index < -0.39 is 10.8 Å². The highest BCUT2D eigenvalue weighted by Gasteiger charge is 2.33. The standard InChI is InChI=1S/C14H18ClN3O4.ClH/c1-22-9-14(3-2-4-17-14)8-16-13(19)10-5-11(15)7-12(6-10)18(20)21;/h5-7,17H,2-4,8-9H2,1H3,(H,16,19);1H. The van der Waals surface area contributed by atoms with Gasteiger partial charge in [-0.25, -0.2) is 0 Å². The summed E-state index contributed by atoms with van der Waals surface area (Å²) < 4.78 is 5.21. The van der Waals surface area contributed by atoms with Crippen LogP contribution in [-0.2, 0) is 4.74 Å². The van der Waals surface area contributed by atoms with Crippen LogP contribution in [0.4, 0.5) is 5.69 Å². The third kappa shape index (κ3) is 5.04. The molecule has 1 heterocycles. The van der Waals surface area contributed by atoms with E-state index in [2.05, 4.69) is 10.6 Å². The number of non-ortho nitro benzene ring substituents is 1. The number of rotatable bonds is 6. The number of nitro groups is 1. The normalized spacial score (nSPS) is 19.9. The lowest BCUT2D eigenvalue weighted by Crippen LogP contribution is -2.53. The van der Waals surface area contributed by atoms with Crippen molar-refractivity contribution >= 4 is 35.6 Å². The molecule has 1 fully saturated rings. The molecular weight excluding hydrogens is 345 g/mol. The quantitative estimate of drug-likeness (QED) is 0.596. The number of benzene rings is 1. The Morgan fingerprint density at radius 1 is 1.52 bits per heavy atom. The molecule has 0 bridgehead atoms. The molecule has 1 saturated heterocycles. The maximum atomic E-state index is 12.2. The number of hydrogen-bond donors (Lipinski definition) is 2. The van der Waals surface area contributed by atoms with Crippen molar-refractivity contribution in [2.75, 3.05) is 26.8 Å². The van der Waals surface area contributed by atoms with E-state index in [0.29, 0.717) is 13.2 Å². The second-order valence-electron chi connectivity index (χ2n) is 5.38. The Balaban J connectivity index is 0.00000264. The fraction of sp³-hybridized carbons (Fsp3) is 0.500. The number of hydrogen-bond acceptors (Lipinski definition) is 5. The molecule has 1 unspecified atom stereocenters. The van der Waals surface area contributed by atoms with Crippen LogP contribution in [0.25, 0.3) is 0 Å². The van der Waals surface area contributed by atoms with Crippen molar-refractivity contribution in [3.05, 3.63) is 38.9 Å². The van der Waals surface area contributed by atoms with Crippen LogP contribution in [0.15, 0.2) is 18.2 Å². The Morgan fingerprint density at radius 3 is 2.83 bits per heavy atom. The summed E-state index contributed by atoms with van der Waals surface area (Å²) in [6, 6.07) is 3.84. The van der Waals surface area contributed by atoms with E-state index in [-0.39, 0.29) is 34.2 Å². The van der Waals surface area contributed by atoms with Gasteiger partial charge in [0, 0.05) is 36.4 Å². The summed E-state index contributed by atoms with van der Waals surface area (Å²) in [5.74, 6) is -0.394. The Morgan fingerprint density at radius 2 is 2.26 bits per heavy atom. The van der Waals surface area contributed by atoms with Gasteiger partial charge < -0.3 is 15.4 Å². The number of halogens is 2. The van der Waals surface area contributed by atoms with Crippen molar-refractivity contribution in [1.29, 1.82) is 0 Å². The first-order valence-corrected chi connectivity index (χ1v) is 7.31. The van der Waals surface area contributed by atoms with Crippen LogP contribution in [0.2, 0.25) is 5.02 Å². The van der Waals surface area contributed by atoms with Crippen LogP contribution in [0.5, 0.6) is 0 Å². The van der Waals surface area contributed by atoms with Gasteiger partial charge in [0.2, 0.25) is 0 Å². The fourth-order valence-corrected chi connectivity index (χ4v) is 2.86. The molecule has 0 saturated carbocycles. The minimum Gasteiger partial charge on any atom is -0.383 e. The van der Waals surface area contributed by atoms with E-state index in [1.54, 1.807) is 7.11 Å². The molecule has 0 spiro atoms. The largest absolute Gasteiger partial charge is 0.383 e. The number of carbonyl (C=O) groups is 1. The van der Waals surface area contributed by atoms with Crippen LogP contribution in [0, 0.1) is 10.1 Å². The number of ether oxygens (including phenoxy) is 1. The van der Waals surface area contributed by atoms with Gasteiger partial charge in [0.25, 0.3) is 11.6 Å². The lowest BCUT2D eigenvalue weighted by atomic mass is 9.98. The van der Waals surface area contributed by atoms with Gasteiger partial charge >= 0.3 is 0 Å². The highest BCUT2D eigenvalue weighted by Crippen LogP contribution is 2.22. The molecule has 9 heteroatoms. The highest BCUT2D eigenvalue weighted by atomic mass is 35.5. The minimum atomic E-state index is -0.576. The van der Waals surface area contributed by atoms with Gasteiger partial charge in [-0.1, -0.05) is 11.6 Å². The van der Waals surface area contributed by atoms with Gasteiger partial charge in [-0.05, 0) is 25.5 Å². The van der Waals surface area contributed by atoms with Crippen LogP contribution in [0.1, 0.15) is 23.2 Å². The van der Waals surface area contributed by atoms with Crippen molar-refractivity contribution in [2.45, 2.75) is 18.4 Å². The van der Waals surface area contributed by atoms with E-state index in [1.165, 1.54) is 18.2 Å². The predicted octanol–water partition coefficient (Wildman–Crippen LogP) is 2.17. The predicted molar refractivity (Wildman–Crippen MR) is 89.5 cm³/mol. The van der Waals surface area contributed by atoms with E-state index >= 15 is 0 Å². The number of nitro benzene ring substituents is 1. The molecule has 0 radical (unpaired) electrons. The van der Waals surface area contributed by atoms with Crippen LogP contribution < -0.4 is 10.6 Å². The first-order chi connectivity index (χ1) is 10.5. The second kappa shape index (κ2) is 8.44. The van der Waals surface area contributed by atoms with Crippen molar-refractivity contribution in [3.8, 4) is 0 Å². The first kappa shape index (κ1) is 19.6. The molecule has 1 aliphatic rings. The van der Waals surface area contributed by atoms with Crippen LogP contribution in [0.3, 0.4) is 0 Å². The summed E-state index contributed by atoms with van der Waals surface area (Å²) in [4.78, 5) is 22.5. The average molecular weight is 364 g/mol. The number of methoxy groups -OCH3 is 1. The summed E-state index contributed by atoms with van der Waals surface area (Å²) in [6.45, 7) is 1.75. The molecule has 7 nitrogen and oxygen atoms in total. The number of amides is 1. The Hall–Kier alpha value is -1.41. The van der Waals surface area contributed by atoms with Gasteiger partial charge in [-0.15, -0.1) is 12.4 Å². The van der Waals surface area contributed by atoms with Gasteiger partial charge in [0.05, 0.1) is 17.1 Å². The SMILES string of the molecule is COCC1(CNC(=O)c2cc(Cl)cc([N+](=O)[O-])c2)CCCN1.Cl. The van der Waals surface area contributed by atoms with Crippen LogP contribution in [-0.4, -0.2) is 43.2 Å². The first-order valence-electron chi connectivity index (χ1n) is 6.93. The molecule has 1 aromatic carbocycles. The number of nitrogens with zero attached hydrogens (tertiary/aromatic N) is 1. The molecule has 128 valence electrons. The van der Waals surface area contributed by atoms with Gasteiger partial charge in [-0.2, -0.15) is 0 Å². The minimum absolute atomic E-state index is 0. The summed E-state index contributed by atoms with van der Waals surface area (Å²) in [7, 11) is 1.61. The molecule has 0 aromatic heterocycles. The topological polar surface area (TPSA) is 93.5 Å². The average Bonchev–Trinajstić information content (AvgIpc) is 2.93. The number of carbonyl (C=O) groups excluding carboxylic acids is 1. The van der Waals surface area contributed by atoms with Crippen molar-refractivity contribution < 1.29 is 14.5 Å².